The Morgan fingerprint density at radius 3 is 1.20 bits per heavy atom. The van der Waals surface area contributed by atoms with Gasteiger partial charge in [-0.3, -0.25) is 9.59 Å². The zero-order valence-electron chi connectivity index (χ0n) is 43.5. The molecule has 2 unspecified atom stereocenters. The second kappa shape index (κ2) is 54.7. The minimum Gasteiger partial charge on any atom is -0.466 e. The normalized spacial score (nSPS) is 12.9. The molecule has 0 aliphatic heterocycles. The van der Waals surface area contributed by atoms with E-state index in [9.17, 15) is 19.8 Å². The third-order valence-corrected chi connectivity index (χ3v) is 13.2. The van der Waals surface area contributed by atoms with Gasteiger partial charge in [-0.15, -0.1) is 0 Å². The van der Waals surface area contributed by atoms with Crippen molar-refractivity contribution in [3.63, 3.8) is 0 Å². The highest BCUT2D eigenvalue weighted by molar-refractivity contribution is 5.76. The Morgan fingerprint density at radius 2 is 0.785 bits per heavy atom. The number of ether oxygens (including phenoxy) is 1. The molecule has 0 bridgehead atoms. The number of esters is 1. The summed E-state index contributed by atoms with van der Waals surface area (Å²) in [6.45, 7) is 4.86. The zero-order valence-corrected chi connectivity index (χ0v) is 43.5. The Balaban J connectivity index is 3.56. The quantitative estimate of drug-likeness (QED) is 0.0321. The summed E-state index contributed by atoms with van der Waals surface area (Å²) < 4.78 is 5.47. The molecule has 65 heavy (non-hydrogen) atoms. The first-order valence-corrected chi connectivity index (χ1v) is 28.8. The Kier molecular flexibility index (Phi) is 53.1. The summed E-state index contributed by atoms with van der Waals surface area (Å²) >= 11 is 0. The second-order valence-corrected chi connectivity index (χ2v) is 19.6. The molecular formula is C59H111NO5. The Morgan fingerprint density at radius 1 is 0.431 bits per heavy atom. The number of hydrogen-bond acceptors (Lipinski definition) is 5. The molecule has 6 nitrogen and oxygen atoms in total. The van der Waals surface area contributed by atoms with Gasteiger partial charge in [-0.25, -0.2) is 0 Å². The highest BCUT2D eigenvalue weighted by Gasteiger charge is 2.17. The molecule has 2 atom stereocenters. The van der Waals surface area contributed by atoms with Gasteiger partial charge in [0.2, 0.25) is 5.91 Å². The first-order valence-electron chi connectivity index (χ1n) is 28.8. The van der Waals surface area contributed by atoms with Crippen molar-refractivity contribution in [2.75, 3.05) is 13.2 Å². The van der Waals surface area contributed by atoms with Crippen LogP contribution in [0.2, 0.25) is 0 Å². The number of allylic oxidation sites excluding steroid dienone is 5. The van der Waals surface area contributed by atoms with Crippen LogP contribution in [0.3, 0.4) is 0 Å². The monoisotopic (exact) mass is 914 g/mol. The number of carbonyl (C=O) groups excluding carboxylic acids is 2. The molecule has 0 saturated heterocycles. The Bertz CT molecular complexity index is 1060. The van der Waals surface area contributed by atoms with Crippen molar-refractivity contribution in [1.29, 1.82) is 0 Å². The van der Waals surface area contributed by atoms with E-state index in [0.29, 0.717) is 25.9 Å². The number of hydrogen-bond donors (Lipinski definition) is 3. The molecule has 0 aromatic carbocycles. The first-order chi connectivity index (χ1) is 32.0. The van der Waals surface area contributed by atoms with Crippen molar-refractivity contribution in [2.24, 2.45) is 0 Å². The van der Waals surface area contributed by atoms with Gasteiger partial charge in [0.05, 0.1) is 25.4 Å². The number of carbonyl (C=O) groups is 2. The molecule has 1 amide bonds. The van der Waals surface area contributed by atoms with Crippen molar-refractivity contribution in [1.82, 2.24) is 5.32 Å². The fourth-order valence-corrected chi connectivity index (χ4v) is 8.74. The molecule has 0 radical (unpaired) electrons. The van der Waals surface area contributed by atoms with E-state index in [1.54, 1.807) is 6.08 Å². The average Bonchev–Trinajstić information content (AvgIpc) is 3.31. The second-order valence-electron chi connectivity index (χ2n) is 19.6. The third kappa shape index (κ3) is 51.3. The van der Waals surface area contributed by atoms with Crippen LogP contribution in [0, 0.1) is 0 Å². The van der Waals surface area contributed by atoms with Gasteiger partial charge in [0, 0.05) is 12.8 Å². The molecular weight excluding hydrogens is 803 g/mol. The number of nitrogens with one attached hydrogen (secondary N) is 1. The van der Waals surface area contributed by atoms with Crippen molar-refractivity contribution in [3.8, 4) is 0 Å². The fourth-order valence-electron chi connectivity index (χ4n) is 8.74. The van der Waals surface area contributed by atoms with E-state index in [1.807, 2.05) is 12.2 Å². The van der Waals surface area contributed by atoms with E-state index < -0.39 is 12.1 Å². The predicted octanol–water partition coefficient (Wildman–Crippen LogP) is 17.6. The van der Waals surface area contributed by atoms with E-state index in [0.717, 1.165) is 51.4 Å². The summed E-state index contributed by atoms with van der Waals surface area (Å²) in [5.74, 6) is -0.162. The van der Waals surface area contributed by atoms with Crippen LogP contribution < -0.4 is 5.32 Å². The Labute approximate surface area is 404 Å². The van der Waals surface area contributed by atoms with Gasteiger partial charge in [-0.2, -0.15) is 0 Å². The predicted molar refractivity (Wildman–Crippen MR) is 283 cm³/mol. The van der Waals surface area contributed by atoms with Crippen LogP contribution in [0.4, 0.5) is 0 Å². The summed E-state index contributed by atoms with van der Waals surface area (Å²) in [6, 6.07) is -0.672. The van der Waals surface area contributed by atoms with Gasteiger partial charge in [0.1, 0.15) is 0 Å². The van der Waals surface area contributed by atoms with Gasteiger partial charge in [-0.05, 0) is 51.4 Å². The molecule has 0 aromatic rings. The van der Waals surface area contributed by atoms with Gasteiger partial charge < -0.3 is 20.3 Å². The van der Waals surface area contributed by atoms with E-state index in [1.165, 1.54) is 218 Å². The van der Waals surface area contributed by atoms with E-state index >= 15 is 0 Å². The molecule has 0 aliphatic rings. The summed E-state index contributed by atoms with van der Waals surface area (Å²) in [4.78, 5) is 24.5. The molecule has 3 N–H and O–H groups in total. The number of aliphatic hydroxyl groups is 2. The lowest BCUT2D eigenvalue weighted by atomic mass is 10.0. The summed E-state index contributed by atoms with van der Waals surface area (Å²) in [5.41, 5.74) is 0. The highest BCUT2D eigenvalue weighted by atomic mass is 16.5. The van der Waals surface area contributed by atoms with Gasteiger partial charge >= 0.3 is 5.97 Å². The molecule has 6 heteroatoms. The lowest BCUT2D eigenvalue weighted by Crippen LogP contribution is -2.45. The van der Waals surface area contributed by atoms with Crippen molar-refractivity contribution in [3.05, 3.63) is 36.5 Å². The molecule has 0 spiro atoms. The van der Waals surface area contributed by atoms with E-state index in [-0.39, 0.29) is 18.5 Å². The molecule has 382 valence electrons. The maximum absolute atomic E-state index is 12.4. The number of aliphatic hydroxyl groups excluding tert-OH is 2. The van der Waals surface area contributed by atoms with Crippen LogP contribution in [0.25, 0.3) is 0 Å². The number of rotatable bonds is 53. The molecule has 0 rings (SSSR count). The van der Waals surface area contributed by atoms with Crippen LogP contribution in [0.15, 0.2) is 36.5 Å². The summed E-state index contributed by atoms with van der Waals surface area (Å²) in [5, 5.41) is 23.1. The number of amides is 1. The Hall–Kier alpha value is -1.92. The van der Waals surface area contributed by atoms with Crippen molar-refractivity contribution >= 4 is 11.9 Å². The van der Waals surface area contributed by atoms with Crippen LogP contribution in [-0.4, -0.2) is 47.4 Å². The standard InChI is InChI=1S/C59H111NO5/c1-3-5-7-9-11-13-15-17-19-21-22-23-24-27-31-35-39-43-47-51-57(62)56(55-61)60-58(63)52-48-44-40-36-32-28-26-30-34-38-42-46-50-54-65-59(64)53-49-45-41-37-33-29-25-20-18-16-14-12-10-8-6-4-2/h28,32,40,44,47,51,56-57,61-62H,3-27,29-31,33-39,41-43,45-46,48-50,52-55H2,1-2H3,(H,60,63)/b32-28-,44-40-,51-47+. The summed E-state index contributed by atoms with van der Waals surface area (Å²) in [7, 11) is 0. The lowest BCUT2D eigenvalue weighted by Gasteiger charge is -2.19. The lowest BCUT2D eigenvalue weighted by molar-refractivity contribution is -0.143. The minimum absolute atomic E-state index is 0.0150. The fraction of sp³-hybridized carbons (Fsp3) is 0.864. The maximum atomic E-state index is 12.4. The van der Waals surface area contributed by atoms with Crippen molar-refractivity contribution < 1.29 is 24.5 Å². The molecule has 0 heterocycles. The van der Waals surface area contributed by atoms with E-state index in [4.69, 9.17) is 4.74 Å². The molecule has 0 saturated carbocycles. The largest absolute Gasteiger partial charge is 0.466 e. The third-order valence-electron chi connectivity index (χ3n) is 13.2. The molecule has 0 fully saturated rings. The first kappa shape index (κ1) is 63.1. The van der Waals surface area contributed by atoms with Crippen LogP contribution in [0.5, 0.6) is 0 Å². The van der Waals surface area contributed by atoms with Crippen LogP contribution >= 0.6 is 0 Å². The SMILES string of the molecule is CCCCCCCCCCCCCCCCCCC/C=C/C(O)C(CO)NC(=O)CC/C=C\C/C=C\CCCCCCCCOC(=O)CCCCCCCCCCCCCCCCCC. The van der Waals surface area contributed by atoms with Gasteiger partial charge in [0.25, 0.3) is 0 Å². The maximum Gasteiger partial charge on any atom is 0.305 e. The topological polar surface area (TPSA) is 95.9 Å². The summed E-state index contributed by atoms with van der Waals surface area (Å²) in [6.07, 6.45) is 67.5. The zero-order chi connectivity index (χ0) is 47.2. The van der Waals surface area contributed by atoms with Crippen LogP contribution in [-0.2, 0) is 14.3 Å². The molecule has 0 aliphatic carbocycles. The number of unbranched alkanes of at least 4 members (excludes halogenated alkanes) is 38. The smallest absolute Gasteiger partial charge is 0.305 e. The highest BCUT2D eigenvalue weighted by Crippen LogP contribution is 2.17. The van der Waals surface area contributed by atoms with Gasteiger partial charge in [0.15, 0.2) is 0 Å². The van der Waals surface area contributed by atoms with E-state index in [2.05, 4.69) is 37.4 Å². The van der Waals surface area contributed by atoms with Crippen LogP contribution in [0.1, 0.15) is 303 Å². The molecule has 0 aromatic heterocycles. The van der Waals surface area contributed by atoms with Crippen molar-refractivity contribution in [2.45, 2.75) is 315 Å². The van der Waals surface area contributed by atoms with Gasteiger partial charge in [-0.1, -0.05) is 275 Å². The minimum atomic E-state index is -0.880. The average molecular weight is 915 g/mol.